The number of ether oxygens (including phenoxy) is 1. The number of thioether (sulfide) groups is 1. The molecule has 25 heavy (non-hydrogen) atoms. The van der Waals surface area contributed by atoms with Crippen LogP contribution in [0.15, 0.2) is 46.7 Å². The predicted octanol–water partition coefficient (Wildman–Crippen LogP) is 3.60. The van der Waals surface area contributed by atoms with Gasteiger partial charge < -0.3 is 10.1 Å². The molecule has 0 radical (unpaired) electrons. The van der Waals surface area contributed by atoms with Crippen LogP contribution >= 0.6 is 35.3 Å². The van der Waals surface area contributed by atoms with Crippen molar-refractivity contribution in [2.75, 3.05) is 19.0 Å². The topological polar surface area (TPSA) is 58.6 Å². The smallest absolute Gasteiger partial charge is 0.266 e. The maximum absolute atomic E-state index is 12.5. The van der Waals surface area contributed by atoms with E-state index in [1.165, 1.54) is 35.1 Å². The molecule has 0 aliphatic carbocycles. The number of rotatable bonds is 5. The Hall–Kier alpha value is -2.16. The molecule has 128 valence electrons. The lowest BCUT2D eigenvalue weighted by Crippen LogP contribution is -2.36. The van der Waals surface area contributed by atoms with E-state index in [0.717, 1.165) is 4.88 Å². The van der Waals surface area contributed by atoms with Gasteiger partial charge in [-0.25, -0.2) is 0 Å². The zero-order valence-electron chi connectivity index (χ0n) is 13.2. The fourth-order valence-electron chi connectivity index (χ4n) is 2.22. The number of anilines is 1. The van der Waals surface area contributed by atoms with Gasteiger partial charge in [-0.05, 0) is 29.7 Å². The van der Waals surface area contributed by atoms with Crippen molar-refractivity contribution < 1.29 is 14.3 Å². The van der Waals surface area contributed by atoms with Crippen LogP contribution < -0.4 is 10.1 Å². The average Bonchev–Trinajstić information content (AvgIpc) is 3.20. The first-order valence-electron chi connectivity index (χ1n) is 7.30. The molecule has 1 aliphatic heterocycles. The molecule has 0 saturated carbocycles. The Morgan fingerprint density at radius 1 is 1.32 bits per heavy atom. The standard InChI is InChI=1S/C17H14N2O3S3/c1-22-13-7-3-2-6-12(13)18-15(20)10-19-16(21)14(25-17(19)23)9-11-5-4-8-24-11/h2-9H,10H2,1H3,(H,18,20)/b14-9+. The number of hydrogen-bond acceptors (Lipinski definition) is 6. The first-order valence-corrected chi connectivity index (χ1v) is 9.40. The Bertz CT molecular complexity index is 847. The molecule has 0 atom stereocenters. The number of methoxy groups -OCH3 is 1. The Kier molecular flexibility index (Phi) is 5.52. The molecule has 2 amide bonds. The number of amides is 2. The first kappa shape index (κ1) is 17.7. The minimum atomic E-state index is -0.335. The summed E-state index contributed by atoms with van der Waals surface area (Å²) in [4.78, 5) is 27.6. The van der Waals surface area contributed by atoms with E-state index in [4.69, 9.17) is 17.0 Å². The molecule has 1 fully saturated rings. The summed E-state index contributed by atoms with van der Waals surface area (Å²) in [5.41, 5.74) is 0.551. The van der Waals surface area contributed by atoms with Crippen LogP contribution in [0.1, 0.15) is 4.88 Å². The number of benzene rings is 1. The lowest BCUT2D eigenvalue weighted by Gasteiger charge is -2.15. The normalized spacial score (nSPS) is 15.7. The minimum Gasteiger partial charge on any atom is -0.495 e. The number of nitrogens with one attached hydrogen (secondary N) is 1. The highest BCUT2D eigenvalue weighted by molar-refractivity contribution is 8.26. The number of carbonyl (C=O) groups is 2. The van der Waals surface area contributed by atoms with E-state index >= 15 is 0 Å². The second-order valence-electron chi connectivity index (χ2n) is 5.03. The molecule has 1 aliphatic rings. The van der Waals surface area contributed by atoms with Crippen molar-refractivity contribution in [3.63, 3.8) is 0 Å². The van der Waals surface area contributed by atoms with Crippen molar-refractivity contribution in [2.24, 2.45) is 0 Å². The molecular weight excluding hydrogens is 376 g/mol. The van der Waals surface area contributed by atoms with Gasteiger partial charge >= 0.3 is 0 Å². The summed E-state index contributed by atoms with van der Waals surface area (Å²) in [6.07, 6.45) is 1.79. The van der Waals surface area contributed by atoms with Gasteiger partial charge in [-0.2, -0.15) is 0 Å². The third kappa shape index (κ3) is 4.09. The zero-order chi connectivity index (χ0) is 17.8. The molecule has 5 nitrogen and oxygen atoms in total. The van der Waals surface area contributed by atoms with E-state index in [1.54, 1.807) is 24.3 Å². The Balaban J connectivity index is 1.69. The highest BCUT2D eigenvalue weighted by atomic mass is 32.2. The summed E-state index contributed by atoms with van der Waals surface area (Å²) in [7, 11) is 1.53. The van der Waals surface area contributed by atoms with Crippen molar-refractivity contribution in [2.45, 2.75) is 0 Å². The molecule has 3 rings (SSSR count). The van der Waals surface area contributed by atoms with Gasteiger partial charge in [0.15, 0.2) is 0 Å². The van der Waals surface area contributed by atoms with Crippen molar-refractivity contribution in [3.8, 4) is 5.75 Å². The number of nitrogens with zero attached hydrogens (tertiary/aromatic N) is 1. The van der Waals surface area contributed by atoms with Crippen molar-refractivity contribution in [1.29, 1.82) is 0 Å². The number of hydrogen-bond donors (Lipinski definition) is 1. The maximum Gasteiger partial charge on any atom is 0.266 e. The highest BCUT2D eigenvalue weighted by Crippen LogP contribution is 2.33. The molecule has 2 heterocycles. The molecule has 8 heteroatoms. The number of carbonyl (C=O) groups excluding carboxylic acids is 2. The third-order valence-electron chi connectivity index (χ3n) is 3.37. The van der Waals surface area contributed by atoms with Gasteiger partial charge in [-0.3, -0.25) is 14.5 Å². The summed E-state index contributed by atoms with van der Waals surface area (Å²) in [6, 6.07) is 10.9. The Labute approximate surface area is 158 Å². The summed E-state index contributed by atoms with van der Waals surface area (Å²) in [6.45, 7) is -0.134. The summed E-state index contributed by atoms with van der Waals surface area (Å²) in [5, 5.41) is 4.68. The lowest BCUT2D eigenvalue weighted by atomic mass is 10.3. The lowest BCUT2D eigenvalue weighted by molar-refractivity contribution is -0.126. The largest absolute Gasteiger partial charge is 0.495 e. The van der Waals surface area contributed by atoms with Crippen LogP contribution in [0.3, 0.4) is 0 Å². The van der Waals surface area contributed by atoms with E-state index in [0.29, 0.717) is 20.7 Å². The molecule has 0 bridgehead atoms. The molecule has 1 aromatic carbocycles. The van der Waals surface area contributed by atoms with Gasteiger partial charge in [0, 0.05) is 4.88 Å². The second-order valence-corrected chi connectivity index (χ2v) is 7.69. The van der Waals surface area contributed by atoms with Crippen LogP contribution in [0.4, 0.5) is 5.69 Å². The zero-order valence-corrected chi connectivity index (χ0v) is 15.7. The van der Waals surface area contributed by atoms with Gasteiger partial charge in [0.2, 0.25) is 5.91 Å². The van der Waals surface area contributed by atoms with Crippen LogP contribution in [0, 0.1) is 0 Å². The third-order valence-corrected chi connectivity index (χ3v) is 5.57. The van der Waals surface area contributed by atoms with E-state index < -0.39 is 0 Å². The van der Waals surface area contributed by atoms with E-state index in [1.807, 2.05) is 23.6 Å². The molecule has 0 unspecified atom stereocenters. The first-order chi connectivity index (χ1) is 12.1. The number of thiocarbonyl (C=S) groups is 1. The minimum absolute atomic E-state index is 0.134. The van der Waals surface area contributed by atoms with E-state index in [-0.39, 0.29) is 18.4 Å². The van der Waals surface area contributed by atoms with E-state index in [9.17, 15) is 9.59 Å². The fourth-order valence-corrected chi connectivity index (χ4v) is 4.20. The van der Waals surface area contributed by atoms with Crippen LogP contribution in [0.5, 0.6) is 5.75 Å². The highest BCUT2D eigenvalue weighted by Gasteiger charge is 2.33. The maximum atomic E-state index is 12.5. The molecule has 1 N–H and O–H groups in total. The number of thiophene rings is 1. The quantitative estimate of drug-likeness (QED) is 0.624. The van der Waals surface area contributed by atoms with Crippen LogP contribution in [0.2, 0.25) is 0 Å². The molecule has 1 saturated heterocycles. The monoisotopic (exact) mass is 390 g/mol. The van der Waals surface area contributed by atoms with Crippen molar-refractivity contribution in [3.05, 3.63) is 51.6 Å². The predicted molar refractivity (Wildman–Crippen MR) is 106 cm³/mol. The molecular formula is C17H14N2O3S3. The summed E-state index contributed by atoms with van der Waals surface area (Å²) >= 11 is 7.99. The van der Waals surface area contributed by atoms with Gasteiger partial charge in [-0.1, -0.05) is 42.2 Å². The van der Waals surface area contributed by atoms with Crippen LogP contribution in [-0.2, 0) is 9.59 Å². The Morgan fingerprint density at radius 2 is 2.12 bits per heavy atom. The van der Waals surface area contributed by atoms with Crippen molar-refractivity contribution >= 4 is 63.2 Å². The van der Waals surface area contributed by atoms with E-state index in [2.05, 4.69) is 5.32 Å². The van der Waals surface area contributed by atoms with Gasteiger partial charge in [0.05, 0.1) is 17.7 Å². The fraction of sp³-hybridized carbons (Fsp3) is 0.118. The van der Waals surface area contributed by atoms with Gasteiger partial charge in [0.1, 0.15) is 16.6 Å². The van der Waals surface area contributed by atoms with Crippen LogP contribution in [0.25, 0.3) is 6.08 Å². The molecule has 1 aromatic heterocycles. The SMILES string of the molecule is COc1ccccc1NC(=O)CN1C(=O)/C(=C\c2cccs2)SC1=S. The second kappa shape index (κ2) is 7.81. The molecule has 2 aromatic rings. The summed E-state index contributed by atoms with van der Waals surface area (Å²) in [5.74, 6) is -0.0319. The number of para-hydroxylation sites is 2. The summed E-state index contributed by atoms with van der Waals surface area (Å²) < 4.78 is 5.58. The van der Waals surface area contributed by atoms with Gasteiger partial charge in [0.25, 0.3) is 5.91 Å². The Morgan fingerprint density at radius 3 is 2.84 bits per heavy atom. The van der Waals surface area contributed by atoms with Crippen molar-refractivity contribution in [1.82, 2.24) is 4.90 Å². The average molecular weight is 391 g/mol. The molecule has 0 spiro atoms. The van der Waals surface area contributed by atoms with Crippen LogP contribution in [-0.4, -0.2) is 34.7 Å². The van der Waals surface area contributed by atoms with Gasteiger partial charge in [-0.15, -0.1) is 11.3 Å².